The van der Waals surface area contributed by atoms with E-state index in [0.717, 1.165) is 12.8 Å². The van der Waals surface area contributed by atoms with Crippen LogP contribution in [-0.2, 0) is 0 Å². The molecule has 19 heavy (non-hydrogen) atoms. The quantitative estimate of drug-likeness (QED) is 0.885. The van der Waals surface area contributed by atoms with Gasteiger partial charge in [-0.1, -0.05) is 30.9 Å². The van der Waals surface area contributed by atoms with E-state index in [4.69, 9.17) is 22.1 Å². The summed E-state index contributed by atoms with van der Waals surface area (Å²) in [6, 6.07) is 3.19. The van der Waals surface area contributed by atoms with Crippen molar-refractivity contribution < 1.29 is 9.84 Å². The summed E-state index contributed by atoms with van der Waals surface area (Å²) in [7, 11) is 1.58. The van der Waals surface area contributed by atoms with Gasteiger partial charge in [0, 0.05) is 6.04 Å². The molecule has 1 atom stereocenters. The Morgan fingerprint density at radius 3 is 2.53 bits per heavy atom. The van der Waals surface area contributed by atoms with Crippen LogP contribution in [-0.4, -0.2) is 12.2 Å². The topological polar surface area (TPSA) is 55.5 Å². The van der Waals surface area contributed by atoms with Crippen molar-refractivity contribution in [2.75, 3.05) is 7.11 Å². The van der Waals surface area contributed by atoms with Crippen LogP contribution in [0.5, 0.6) is 11.5 Å². The van der Waals surface area contributed by atoms with Crippen molar-refractivity contribution in [3.8, 4) is 11.5 Å². The standard InChI is InChI=1S/C14H20ClNO2.ClH/c1-18-11-8-7-10(15)14(17)12(11)13(16)9-5-3-2-4-6-9;/h7-9,13,17H,2-6,16H2,1H3;1H/t13-;/m1./s1. The van der Waals surface area contributed by atoms with E-state index in [1.807, 2.05) is 0 Å². The van der Waals surface area contributed by atoms with Crippen molar-refractivity contribution in [1.82, 2.24) is 0 Å². The molecule has 0 saturated heterocycles. The molecule has 1 aromatic rings. The molecule has 1 fully saturated rings. The maximum absolute atomic E-state index is 10.1. The molecule has 0 aromatic heterocycles. The van der Waals surface area contributed by atoms with Crippen molar-refractivity contribution in [2.24, 2.45) is 11.7 Å². The Morgan fingerprint density at radius 2 is 1.95 bits per heavy atom. The largest absolute Gasteiger partial charge is 0.506 e. The number of hydrogen-bond donors (Lipinski definition) is 2. The maximum Gasteiger partial charge on any atom is 0.142 e. The smallest absolute Gasteiger partial charge is 0.142 e. The molecule has 1 aliphatic rings. The number of nitrogens with two attached hydrogens (primary N) is 1. The van der Waals surface area contributed by atoms with Gasteiger partial charge in [-0.05, 0) is 30.9 Å². The summed E-state index contributed by atoms with van der Waals surface area (Å²) in [5.74, 6) is 1.08. The van der Waals surface area contributed by atoms with Crippen molar-refractivity contribution in [1.29, 1.82) is 0 Å². The third kappa shape index (κ3) is 3.47. The molecular formula is C14H21Cl2NO2. The van der Waals surface area contributed by atoms with Gasteiger partial charge in [-0.2, -0.15) is 0 Å². The molecule has 0 amide bonds. The molecule has 108 valence electrons. The Balaban J connectivity index is 0.00000180. The lowest BCUT2D eigenvalue weighted by atomic mass is 9.81. The third-order valence-electron chi connectivity index (χ3n) is 3.84. The molecule has 3 N–H and O–H groups in total. The number of phenols is 1. The average Bonchev–Trinajstić information content (AvgIpc) is 2.42. The fourth-order valence-corrected chi connectivity index (χ4v) is 2.96. The lowest BCUT2D eigenvalue weighted by Crippen LogP contribution is -2.24. The van der Waals surface area contributed by atoms with Crippen molar-refractivity contribution in [2.45, 2.75) is 38.1 Å². The number of aromatic hydroxyl groups is 1. The molecule has 0 heterocycles. The van der Waals surface area contributed by atoms with Gasteiger partial charge >= 0.3 is 0 Å². The van der Waals surface area contributed by atoms with Gasteiger partial charge in [0.05, 0.1) is 17.7 Å². The van der Waals surface area contributed by atoms with Crippen LogP contribution in [0.1, 0.15) is 43.7 Å². The first-order chi connectivity index (χ1) is 8.65. The summed E-state index contributed by atoms with van der Waals surface area (Å²) in [6.07, 6.45) is 5.92. The lowest BCUT2D eigenvalue weighted by Gasteiger charge is -2.29. The van der Waals surface area contributed by atoms with Gasteiger partial charge in [0.2, 0.25) is 0 Å². The summed E-state index contributed by atoms with van der Waals surface area (Å²) in [5.41, 5.74) is 6.97. The van der Waals surface area contributed by atoms with Crippen LogP contribution < -0.4 is 10.5 Å². The zero-order chi connectivity index (χ0) is 13.1. The van der Waals surface area contributed by atoms with Crippen molar-refractivity contribution >= 4 is 24.0 Å². The highest BCUT2D eigenvalue weighted by Gasteiger charge is 2.27. The zero-order valence-corrected chi connectivity index (χ0v) is 12.6. The molecular weight excluding hydrogens is 285 g/mol. The highest BCUT2D eigenvalue weighted by Crippen LogP contribution is 2.43. The first kappa shape index (κ1) is 16.4. The maximum atomic E-state index is 10.1. The fraction of sp³-hybridized carbons (Fsp3) is 0.571. The second-order valence-electron chi connectivity index (χ2n) is 4.94. The van der Waals surface area contributed by atoms with Crippen LogP contribution in [0.25, 0.3) is 0 Å². The third-order valence-corrected chi connectivity index (χ3v) is 4.14. The molecule has 5 heteroatoms. The Kier molecular flexibility index (Phi) is 6.24. The summed E-state index contributed by atoms with van der Waals surface area (Å²) >= 11 is 5.96. The molecule has 0 aliphatic heterocycles. The zero-order valence-electron chi connectivity index (χ0n) is 11.1. The minimum absolute atomic E-state index is 0. The van der Waals surface area contributed by atoms with E-state index < -0.39 is 0 Å². The van der Waals surface area contributed by atoms with Gasteiger partial charge in [-0.25, -0.2) is 0 Å². The highest BCUT2D eigenvalue weighted by atomic mass is 35.5. The van der Waals surface area contributed by atoms with Gasteiger partial charge in [0.1, 0.15) is 11.5 Å². The normalized spacial score (nSPS) is 17.6. The summed E-state index contributed by atoms with van der Waals surface area (Å²) in [5, 5.41) is 10.4. The van der Waals surface area contributed by atoms with Crippen LogP contribution in [0.4, 0.5) is 0 Å². The Hall–Kier alpha value is -0.640. The average molecular weight is 306 g/mol. The molecule has 0 unspecified atom stereocenters. The van der Waals surface area contributed by atoms with E-state index in [0.29, 0.717) is 22.3 Å². The van der Waals surface area contributed by atoms with Crippen LogP contribution in [0.15, 0.2) is 12.1 Å². The minimum Gasteiger partial charge on any atom is -0.506 e. The summed E-state index contributed by atoms with van der Waals surface area (Å²) in [6.45, 7) is 0. The molecule has 1 aromatic carbocycles. The first-order valence-electron chi connectivity index (χ1n) is 6.46. The first-order valence-corrected chi connectivity index (χ1v) is 6.84. The number of benzene rings is 1. The van der Waals surface area contributed by atoms with Gasteiger partial charge in [0.25, 0.3) is 0 Å². The Labute approximate surface area is 125 Å². The summed E-state index contributed by atoms with van der Waals surface area (Å²) < 4.78 is 5.29. The number of halogens is 2. The molecule has 3 nitrogen and oxygen atoms in total. The van der Waals surface area contributed by atoms with Gasteiger partial charge in [-0.15, -0.1) is 12.4 Å². The molecule has 2 rings (SSSR count). The molecule has 0 bridgehead atoms. The van der Waals surface area contributed by atoms with E-state index in [9.17, 15) is 5.11 Å². The number of methoxy groups -OCH3 is 1. The van der Waals surface area contributed by atoms with Gasteiger partial charge in [0.15, 0.2) is 0 Å². The lowest BCUT2D eigenvalue weighted by molar-refractivity contribution is 0.295. The summed E-state index contributed by atoms with van der Waals surface area (Å²) in [4.78, 5) is 0. The van der Waals surface area contributed by atoms with E-state index in [-0.39, 0.29) is 24.2 Å². The van der Waals surface area contributed by atoms with Crippen LogP contribution in [0, 0.1) is 5.92 Å². The van der Waals surface area contributed by atoms with Gasteiger partial charge < -0.3 is 15.6 Å². The van der Waals surface area contributed by atoms with Crippen molar-refractivity contribution in [3.05, 3.63) is 22.7 Å². The number of hydrogen-bond acceptors (Lipinski definition) is 3. The Bertz CT molecular complexity index is 420. The highest BCUT2D eigenvalue weighted by molar-refractivity contribution is 6.32. The SMILES string of the molecule is COc1ccc(Cl)c(O)c1[C@H](N)C1CCCCC1.Cl. The van der Waals surface area contributed by atoms with Crippen LogP contribution >= 0.6 is 24.0 Å². The van der Waals surface area contributed by atoms with Crippen LogP contribution in [0.2, 0.25) is 5.02 Å². The van der Waals surface area contributed by atoms with E-state index >= 15 is 0 Å². The molecule has 0 spiro atoms. The van der Waals surface area contributed by atoms with Crippen molar-refractivity contribution in [3.63, 3.8) is 0 Å². The molecule has 1 aliphatic carbocycles. The number of phenolic OH excluding ortho intramolecular Hbond substituents is 1. The Morgan fingerprint density at radius 1 is 1.32 bits per heavy atom. The monoisotopic (exact) mass is 305 g/mol. The van der Waals surface area contributed by atoms with Gasteiger partial charge in [-0.3, -0.25) is 0 Å². The number of rotatable bonds is 3. The van der Waals surface area contributed by atoms with Crippen LogP contribution in [0.3, 0.4) is 0 Å². The second kappa shape index (κ2) is 7.22. The predicted molar refractivity (Wildman–Crippen MR) is 80.4 cm³/mol. The molecule has 1 saturated carbocycles. The van der Waals surface area contributed by atoms with E-state index in [1.54, 1.807) is 19.2 Å². The predicted octanol–water partition coefficient (Wildman–Crippen LogP) is 4.06. The van der Waals surface area contributed by atoms with E-state index in [2.05, 4.69) is 0 Å². The minimum atomic E-state index is -0.209. The second-order valence-corrected chi connectivity index (χ2v) is 5.34. The van der Waals surface area contributed by atoms with E-state index in [1.165, 1.54) is 19.3 Å². The molecule has 0 radical (unpaired) electrons. The fourth-order valence-electron chi connectivity index (χ4n) is 2.79. The number of ether oxygens (including phenoxy) is 1.